The molecule has 1 aromatic heterocycles. The van der Waals surface area contributed by atoms with Gasteiger partial charge < -0.3 is 0 Å². The molecule has 88 valence electrons. The van der Waals surface area contributed by atoms with Crippen molar-refractivity contribution < 1.29 is 18.0 Å². The van der Waals surface area contributed by atoms with Gasteiger partial charge in [0.05, 0.1) is 0 Å². The summed E-state index contributed by atoms with van der Waals surface area (Å²) in [6.45, 7) is 0. The Morgan fingerprint density at radius 3 is 2.41 bits per heavy atom. The van der Waals surface area contributed by atoms with Gasteiger partial charge in [-0.25, -0.2) is 18.2 Å². The van der Waals surface area contributed by atoms with E-state index in [1.807, 2.05) is 0 Å². The molecule has 0 saturated carbocycles. The largest absolute Gasteiger partial charge is 0.298 e. The first-order valence-corrected chi connectivity index (χ1v) is 5.31. The number of aromatic nitrogens is 1. The Morgan fingerprint density at radius 2 is 1.88 bits per heavy atom. The highest BCUT2D eigenvalue weighted by molar-refractivity contribution is 7.13. The molecule has 0 spiro atoms. The number of anilines is 1. The lowest BCUT2D eigenvalue weighted by atomic mass is 10.2. The van der Waals surface area contributed by atoms with Crippen LogP contribution in [0.2, 0.25) is 0 Å². The van der Waals surface area contributed by atoms with Crippen LogP contribution in [0.1, 0.15) is 10.4 Å². The highest BCUT2D eigenvalue weighted by Gasteiger charge is 2.19. The normalized spacial score (nSPS) is 10.3. The number of benzene rings is 1. The summed E-state index contributed by atoms with van der Waals surface area (Å²) in [5, 5.41) is 4.00. The van der Waals surface area contributed by atoms with Gasteiger partial charge in [-0.15, -0.1) is 11.3 Å². The smallest absolute Gasteiger partial charge is 0.263 e. The summed E-state index contributed by atoms with van der Waals surface area (Å²) in [5.74, 6) is -4.59. The van der Waals surface area contributed by atoms with Gasteiger partial charge in [0.2, 0.25) is 0 Å². The number of hydrogen-bond acceptors (Lipinski definition) is 3. The van der Waals surface area contributed by atoms with Crippen molar-refractivity contribution in [3.63, 3.8) is 0 Å². The molecule has 2 rings (SSSR count). The second kappa shape index (κ2) is 4.54. The van der Waals surface area contributed by atoms with Crippen LogP contribution < -0.4 is 5.32 Å². The fourth-order valence-electron chi connectivity index (χ4n) is 1.20. The number of thiazole rings is 1. The van der Waals surface area contributed by atoms with Gasteiger partial charge in [0.15, 0.2) is 5.13 Å². The van der Waals surface area contributed by atoms with E-state index in [1.54, 1.807) is 5.38 Å². The van der Waals surface area contributed by atoms with Crippen LogP contribution in [0, 0.1) is 17.5 Å². The second-order valence-corrected chi connectivity index (χ2v) is 3.93. The monoisotopic (exact) mass is 258 g/mol. The number of carbonyl (C=O) groups excluding carboxylic acids is 1. The van der Waals surface area contributed by atoms with Crippen molar-refractivity contribution in [1.29, 1.82) is 0 Å². The number of nitrogens with zero attached hydrogens (tertiary/aromatic N) is 1. The quantitative estimate of drug-likeness (QED) is 0.900. The third kappa shape index (κ3) is 2.44. The Hall–Kier alpha value is -1.89. The summed E-state index contributed by atoms with van der Waals surface area (Å²) >= 11 is 1.10. The molecule has 0 aliphatic heterocycles. The maximum absolute atomic E-state index is 13.2. The van der Waals surface area contributed by atoms with Crippen molar-refractivity contribution in [1.82, 2.24) is 4.98 Å². The molecule has 1 aromatic carbocycles. The first kappa shape index (κ1) is 11.6. The molecule has 0 radical (unpaired) electrons. The molecule has 1 N–H and O–H groups in total. The van der Waals surface area contributed by atoms with Crippen molar-refractivity contribution in [3.05, 3.63) is 46.7 Å². The second-order valence-electron chi connectivity index (χ2n) is 3.04. The van der Waals surface area contributed by atoms with Crippen LogP contribution in [-0.2, 0) is 0 Å². The molecular formula is C10H5F3N2OS. The molecule has 1 heterocycles. The van der Waals surface area contributed by atoms with Gasteiger partial charge in [-0.2, -0.15) is 0 Å². The third-order valence-corrected chi connectivity index (χ3v) is 2.58. The summed E-state index contributed by atoms with van der Waals surface area (Å²) in [5.41, 5.74) is -0.832. The lowest BCUT2D eigenvalue weighted by Crippen LogP contribution is -2.16. The van der Waals surface area contributed by atoms with Gasteiger partial charge in [0.25, 0.3) is 5.91 Å². The number of halogens is 3. The van der Waals surface area contributed by atoms with Gasteiger partial charge in [0.1, 0.15) is 23.0 Å². The summed E-state index contributed by atoms with van der Waals surface area (Å²) in [7, 11) is 0. The van der Waals surface area contributed by atoms with Crippen molar-refractivity contribution in [2.24, 2.45) is 0 Å². The van der Waals surface area contributed by atoms with Crippen LogP contribution in [0.3, 0.4) is 0 Å². The van der Waals surface area contributed by atoms with Crippen LogP contribution in [0.25, 0.3) is 0 Å². The highest BCUT2D eigenvalue weighted by atomic mass is 32.1. The molecular weight excluding hydrogens is 253 g/mol. The molecule has 0 unspecified atom stereocenters. The average Bonchev–Trinajstić information content (AvgIpc) is 2.68. The predicted octanol–water partition coefficient (Wildman–Crippen LogP) is 2.81. The van der Waals surface area contributed by atoms with E-state index in [0.717, 1.165) is 11.3 Å². The van der Waals surface area contributed by atoms with E-state index in [1.165, 1.54) is 6.20 Å². The topological polar surface area (TPSA) is 42.0 Å². The van der Waals surface area contributed by atoms with Crippen LogP contribution in [0.4, 0.5) is 18.3 Å². The molecule has 7 heteroatoms. The number of hydrogen-bond donors (Lipinski definition) is 1. The van der Waals surface area contributed by atoms with Gasteiger partial charge in [-0.1, -0.05) is 0 Å². The van der Waals surface area contributed by atoms with Gasteiger partial charge in [-0.3, -0.25) is 10.1 Å². The van der Waals surface area contributed by atoms with E-state index in [2.05, 4.69) is 10.3 Å². The van der Waals surface area contributed by atoms with E-state index < -0.39 is 28.9 Å². The first-order chi connectivity index (χ1) is 8.08. The molecule has 1 amide bonds. The van der Waals surface area contributed by atoms with E-state index in [9.17, 15) is 18.0 Å². The molecule has 0 atom stereocenters. The molecule has 17 heavy (non-hydrogen) atoms. The predicted molar refractivity (Wildman–Crippen MR) is 56.4 cm³/mol. The van der Waals surface area contributed by atoms with Crippen molar-refractivity contribution in [3.8, 4) is 0 Å². The van der Waals surface area contributed by atoms with Crippen LogP contribution in [0.15, 0.2) is 23.7 Å². The summed E-state index contributed by atoms with van der Waals surface area (Å²) in [6.07, 6.45) is 1.43. The van der Waals surface area contributed by atoms with Crippen LogP contribution in [0.5, 0.6) is 0 Å². The number of carbonyl (C=O) groups is 1. The van der Waals surface area contributed by atoms with E-state index in [-0.39, 0.29) is 5.13 Å². The standard InChI is InChI=1S/C10H5F3N2OS/c11-5-3-6(12)8(7(13)4-5)9(16)15-10-14-1-2-17-10/h1-4H,(H,14,15,16). The lowest BCUT2D eigenvalue weighted by Gasteiger charge is -2.04. The van der Waals surface area contributed by atoms with Gasteiger partial charge >= 0.3 is 0 Å². The van der Waals surface area contributed by atoms with Crippen molar-refractivity contribution in [2.45, 2.75) is 0 Å². The van der Waals surface area contributed by atoms with E-state index >= 15 is 0 Å². The minimum Gasteiger partial charge on any atom is -0.298 e. The van der Waals surface area contributed by atoms with Crippen molar-refractivity contribution >= 4 is 22.4 Å². The molecule has 3 nitrogen and oxygen atoms in total. The highest BCUT2D eigenvalue weighted by Crippen LogP contribution is 2.17. The molecule has 0 saturated heterocycles. The zero-order chi connectivity index (χ0) is 12.4. The summed E-state index contributed by atoms with van der Waals surface area (Å²) in [4.78, 5) is 15.2. The van der Waals surface area contributed by atoms with E-state index in [4.69, 9.17) is 0 Å². The summed E-state index contributed by atoms with van der Waals surface area (Å²) < 4.78 is 39.1. The van der Waals surface area contributed by atoms with Crippen LogP contribution in [-0.4, -0.2) is 10.9 Å². The zero-order valence-corrected chi connectivity index (χ0v) is 9.02. The maximum atomic E-state index is 13.2. The Balaban J connectivity index is 2.31. The maximum Gasteiger partial charge on any atom is 0.263 e. The van der Waals surface area contributed by atoms with Gasteiger partial charge in [-0.05, 0) is 0 Å². The first-order valence-electron chi connectivity index (χ1n) is 4.43. The molecule has 2 aromatic rings. The Morgan fingerprint density at radius 1 is 1.24 bits per heavy atom. The molecule has 0 aliphatic rings. The van der Waals surface area contributed by atoms with Crippen LogP contribution >= 0.6 is 11.3 Å². The lowest BCUT2D eigenvalue weighted by molar-refractivity contribution is 0.101. The third-order valence-electron chi connectivity index (χ3n) is 1.89. The molecule has 0 fully saturated rings. The molecule has 0 bridgehead atoms. The average molecular weight is 258 g/mol. The minimum atomic E-state index is -1.25. The van der Waals surface area contributed by atoms with Crippen molar-refractivity contribution in [2.75, 3.05) is 5.32 Å². The fourth-order valence-corrected chi connectivity index (χ4v) is 1.73. The Labute approximate surface area is 97.9 Å². The molecule has 0 aliphatic carbocycles. The number of rotatable bonds is 2. The number of nitrogens with one attached hydrogen (secondary N) is 1. The Kier molecular flexibility index (Phi) is 3.10. The number of amides is 1. The minimum absolute atomic E-state index is 0.207. The fraction of sp³-hybridized carbons (Fsp3) is 0. The van der Waals surface area contributed by atoms with E-state index in [0.29, 0.717) is 12.1 Å². The van der Waals surface area contributed by atoms with Gasteiger partial charge in [0, 0.05) is 23.7 Å². The summed E-state index contributed by atoms with van der Waals surface area (Å²) in [6, 6.07) is 0.889. The Bertz CT molecular complexity index is 534. The SMILES string of the molecule is O=C(Nc1nccs1)c1c(F)cc(F)cc1F. The zero-order valence-electron chi connectivity index (χ0n) is 8.21.